The molecule has 7 nitrogen and oxygen atoms in total. The molecule has 2 amide bonds. The normalized spacial score (nSPS) is 13.1. The van der Waals surface area contributed by atoms with Crippen molar-refractivity contribution in [2.24, 2.45) is 0 Å². The van der Waals surface area contributed by atoms with Crippen LogP contribution in [-0.4, -0.2) is 50.0 Å². The van der Waals surface area contributed by atoms with Crippen LogP contribution in [0.4, 0.5) is 5.69 Å². The topological polar surface area (TPSA) is 86.8 Å². The summed E-state index contributed by atoms with van der Waals surface area (Å²) >= 11 is 0. The van der Waals surface area contributed by atoms with E-state index in [0.29, 0.717) is 5.69 Å². The van der Waals surface area contributed by atoms with Gasteiger partial charge in [-0.15, -0.1) is 0 Å². The van der Waals surface area contributed by atoms with Crippen LogP contribution >= 0.6 is 0 Å². The summed E-state index contributed by atoms with van der Waals surface area (Å²) in [5.41, 5.74) is 3.89. The molecule has 0 saturated carbocycles. The van der Waals surface area contributed by atoms with Gasteiger partial charge in [-0.1, -0.05) is 49.4 Å². The molecule has 34 heavy (non-hydrogen) atoms. The fraction of sp³-hybridized carbons (Fsp3) is 0.462. The van der Waals surface area contributed by atoms with Crippen molar-refractivity contribution in [2.75, 3.05) is 17.1 Å². The van der Waals surface area contributed by atoms with Crippen LogP contribution in [0.1, 0.15) is 49.4 Å². The summed E-state index contributed by atoms with van der Waals surface area (Å²) in [6.45, 7) is 10.9. The van der Waals surface area contributed by atoms with Crippen molar-refractivity contribution in [3.05, 3.63) is 64.7 Å². The van der Waals surface area contributed by atoms with Crippen LogP contribution in [0.25, 0.3) is 0 Å². The maximum atomic E-state index is 13.7. The highest BCUT2D eigenvalue weighted by Gasteiger charge is 2.31. The van der Waals surface area contributed by atoms with Crippen LogP contribution in [0.2, 0.25) is 0 Å². The third-order valence-corrected chi connectivity index (χ3v) is 7.25. The smallest absolute Gasteiger partial charge is 0.244 e. The minimum Gasteiger partial charge on any atom is -0.352 e. The number of nitrogens with one attached hydrogen (secondary N) is 1. The van der Waals surface area contributed by atoms with Crippen molar-refractivity contribution in [2.45, 2.75) is 66.6 Å². The van der Waals surface area contributed by atoms with E-state index in [0.717, 1.165) is 39.2 Å². The molecule has 0 aliphatic carbocycles. The second kappa shape index (κ2) is 11.5. The molecule has 0 aliphatic heterocycles. The van der Waals surface area contributed by atoms with Crippen LogP contribution in [0.3, 0.4) is 0 Å². The van der Waals surface area contributed by atoms with E-state index in [1.165, 1.54) is 4.90 Å². The number of aryl methyl sites for hydroxylation is 3. The average molecular weight is 488 g/mol. The zero-order chi connectivity index (χ0) is 25.6. The van der Waals surface area contributed by atoms with Crippen LogP contribution in [0.5, 0.6) is 0 Å². The first kappa shape index (κ1) is 27.4. The molecule has 0 heterocycles. The number of hydrogen-bond acceptors (Lipinski definition) is 4. The summed E-state index contributed by atoms with van der Waals surface area (Å²) in [5, 5.41) is 2.93. The number of benzene rings is 2. The second-order valence-electron chi connectivity index (χ2n) is 8.95. The molecule has 0 saturated heterocycles. The van der Waals surface area contributed by atoms with Gasteiger partial charge in [0.05, 0.1) is 11.9 Å². The lowest BCUT2D eigenvalue weighted by atomic mass is 10.1. The fourth-order valence-corrected chi connectivity index (χ4v) is 4.76. The summed E-state index contributed by atoms with van der Waals surface area (Å²) in [4.78, 5) is 28.1. The summed E-state index contributed by atoms with van der Waals surface area (Å²) in [5.74, 6) is -0.711. The van der Waals surface area contributed by atoms with Crippen molar-refractivity contribution in [3.8, 4) is 0 Å². The van der Waals surface area contributed by atoms with E-state index in [1.807, 2.05) is 77.1 Å². The van der Waals surface area contributed by atoms with Gasteiger partial charge in [0.2, 0.25) is 21.8 Å². The van der Waals surface area contributed by atoms with E-state index >= 15 is 0 Å². The molecule has 0 fully saturated rings. The molecular weight excluding hydrogens is 450 g/mol. The molecular formula is C26H37N3O4S. The Bertz CT molecular complexity index is 1110. The number of carbonyl (C=O) groups excluding carboxylic acids is 2. The SMILES string of the molecule is CC[C@@H](C)NC(=O)[C@@H](C)N(Cc1ccccc1C)C(=O)CN(c1c(C)cccc1C)S(C)(=O)=O. The highest BCUT2D eigenvalue weighted by molar-refractivity contribution is 7.92. The van der Waals surface area contributed by atoms with Crippen molar-refractivity contribution in [3.63, 3.8) is 0 Å². The predicted molar refractivity (Wildman–Crippen MR) is 137 cm³/mol. The van der Waals surface area contributed by atoms with Gasteiger partial charge in [0.15, 0.2) is 0 Å². The number of hydrogen-bond donors (Lipinski definition) is 1. The van der Waals surface area contributed by atoms with Crippen molar-refractivity contribution >= 4 is 27.5 Å². The summed E-state index contributed by atoms with van der Waals surface area (Å²) < 4.78 is 26.7. The molecule has 2 aromatic carbocycles. The van der Waals surface area contributed by atoms with Gasteiger partial charge in [-0.2, -0.15) is 0 Å². The number of para-hydroxylation sites is 1. The van der Waals surface area contributed by atoms with Crippen LogP contribution in [0, 0.1) is 20.8 Å². The van der Waals surface area contributed by atoms with Gasteiger partial charge in [-0.05, 0) is 63.3 Å². The number of carbonyl (C=O) groups is 2. The molecule has 2 rings (SSSR count). The number of sulfonamides is 1. The largest absolute Gasteiger partial charge is 0.352 e. The van der Waals surface area contributed by atoms with E-state index in [1.54, 1.807) is 6.92 Å². The Morgan fingerprint density at radius 1 is 0.941 bits per heavy atom. The third-order valence-electron chi connectivity index (χ3n) is 6.14. The lowest BCUT2D eigenvalue weighted by molar-refractivity contribution is -0.139. The van der Waals surface area contributed by atoms with E-state index in [4.69, 9.17) is 0 Å². The van der Waals surface area contributed by atoms with E-state index < -0.39 is 28.5 Å². The lowest BCUT2D eigenvalue weighted by Gasteiger charge is -2.33. The second-order valence-corrected chi connectivity index (χ2v) is 10.9. The Balaban J connectivity index is 2.46. The Morgan fingerprint density at radius 3 is 2.03 bits per heavy atom. The van der Waals surface area contributed by atoms with Crippen LogP contribution < -0.4 is 9.62 Å². The van der Waals surface area contributed by atoms with Gasteiger partial charge in [-0.25, -0.2) is 8.42 Å². The quantitative estimate of drug-likeness (QED) is 0.554. The third kappa shape index (κ3) is 6.82. The number of amides is 2. The molecule has 2 aromatic rings. The molecule has 0 spiro atoms. The van der Waals surface area contributed by atoms with Crippen molar-refractivity contribution in [1.82, 2.24) is 10.2 Å². The van der Waals surface area contributed by atoms with Gasteiger partial charge in [0, 0.05) is 12.6 Å². The maximum Gasteiger partial charge on any atom is 0.244 e. The first-order chi connectivity index (χ1) is 15.9. The van der Waals surface area contributed by atoms with Gasteiger partial charge < -0.3 is 10.2 Å². The fourth-order valence-electron chi connectivity index (χ4n) is 3.79. The molecule has 0 unspecified atom stereocenters. The molecule has 0 radical (unpaired) electrons. The minimum absolute atomic E-state index is 0.0347. The molecule has 0 bridgehead atoms. The van der Waals surface area contributed by atoms with E-state index in [9.17, 15) is 18.0 Å². The Labute approximate surface area is 204 Å². The highest BCUT2D eigenvalue weighted by Crippen LogP contribution is 2.27. The minimum atomic E-state index is -3.76. The van der Waals surface area contributed by atoms with Crippen LogP contribution in [0.15, 0.2) is 42.5 Å². The summed E-state index contributed by atoms with van der Waals surface area (Å²) in [7, 11) is -3.76. The summed E-state index contributed by atoms with van der Waals surface area (Å²) in [6, 6.07) is 12.3. The maximum absolute atomic E-state index is 13.7. The monoisotopic (exact) mass is 487 g/mol. The molecule has 8 heteroatoms. The number of rotatable bonds is 10. The highest BCUT2D eigenvalue weighted by atomic mass is 32.2. The number of nitrogens with zero attached hydrogens (tertiary/aromatic N) is 2. The molecule has 186 valence electrons. The van der Waals surface area contributed by atoms with Crippen molar-refractivity contribution in [1.29, 1.82) is 0 Å². The van der Waals surface area contributed by atoms with E-state index in [-0.39, 0.29) is 18.5 Å². The molecule has 2 atom stereocenters. The summed E-state index contributed by atoms with van der Waals surface area (Å²) in [6.07, 6.45) is 1.86. The van der Waals surface area contributed by atoms with Crippen LogP contribution in [-0.2, 0) is 26.2 Å². The van der Waals surface area contributed by atoms with Crippen molar-refractivity contribution < 1.29 is 18.0 Å². The molecule has 0 aromatic heterocycles. The van der Waals surface area contributed by atoms with Gasteiger partial charge in [-0.3, -0.25) is 13.9 Å². The predicted octanol–water partition coefficient (Wildman–Crippen LogP) is 3.71. The Kier molecular flexibility index (Phi) is 9.27. The zero-order valence-corrected chi connectivity index (χ0v) is 22.1. The first-order valence-corrected chi connectivity index (χ1v) is 13.4. The molecule has 1 N–H and O–H groups in total. The van der Waals surface area contributed by atoms with Gasteiger partial charge >= 0.3 is 0 Å². The Hall–Kier alpha value is -2.87. The first-order valence-electron chi connectivity index (χ1n) is 11.5. The standard InChI is InChI=1S/C26H37N3O4S/c1-8-21(5)27-26(31)22(6)28(16-23-15-10-9-12-18(23)2)24(30)17-29(34(7,32)33)25-19(3)13-11-14-20(25)4/h9-15,21-22H,8,16-17H2,1-7H3,(H,27,31)/t21-,22-/m1/s1. The Morgan fingerprint density at radius 2 is 1.50 bits per heavy atom. The van der Waals surface area contributed by atoms with Gasteiger partial charge in [0.1, 0.15) is 12.6 Å². The molecule has 0 aliphatic rings. The number of anilines is 1. The van der Waals surface area contributed by atoms with E-state index in [2.05, 4.69) is 5.32 Å². The average Bonchev–Trinajstić information content (AvgIpc) is 2.76. The lowest BCUT2D eigenvalue weighted by Crippen LogP contribution is -2.52. The zero-order valence-electron chi connectivity index (χ0n) is 21.3. The van der Waals surface area contributed by atoms with Gasteiger partial charge in [0.25, 0.3) is 0 Å².